The van der Waals surface area contributed by atoms with Gasteiger partial charge in [-0.1, -0.05) is 6.07 Å². The summed E-state index contributed by atoms with van der Waals surface area (Å²) < 4.78 is 84.3. The van der Waals surface area contributed by atoms with Crippen LogP contribution in [0.15, 0.2) is 36.5 Å². The Bertz CT molecular complexity index is 1180. The van der Waals surface area contributed by atoms with Crippen LogP contribution in [0.3, 0.4) is 0 Å². The first kappa shape index (κ1) is 24.5. The molecule has 2 saturated heterocycles. The summed E-state index contributed by atoms with van der Waals surface area (Å²) in [7, 11) is -2.37. The van der Waals surface area contributed by atoms with E-state index < -0.39 is 39.4 Å². The van der Waals surface area contributed by atoms with E-state index in [4.69, 9.17) is 0 Å². The third-order valence-corrected chi connectivity index (χ3v) is 8.25. The van der Waals surface area contributed by atoms with Crippen LogP contribution in [0.5, 0.6) is 11.5 Å². The van der Waals surface area contributed by atoms with Crippen LogP contribution in [0.25, 0.3) is 0 Å². The molecule has 1 N–H and O–H groups in total. The van der Waals surface area contributed by atoms with Crippen LogP contribution < -0.4 is 9.04 Å². The summed E-state index contributed by atoms with van der Waals surface area (Å²) in [5, 5.41) is 9.63. The number of benzene rings is 1. The van der Waals surface area contributed by atoms with Crippen LogP contribution in [-0.2, 0) is 16.8 Å². The quantitative estimate of drug-likeness (QED) is 0.644. The molecule has 1 aromatic carbocycles. The summed E-state index contributed by atoms with van der Waals surface area (Å²) in [6, 6.07) is 6.32. The lowest BCUT2D eigenvalue weighted by molar-refractivity contribution is -0.275. The van der Waals surface area contributed by atoms with Gasteiger partial charge in [0.15, 0.2) is 11.5 Å². The summed E-state index contributed by atoms with van der Waals surface area (Å²) in [6.45, 7) is 2.72. The first-order valence-corrected chi connectivity index (χ1v) is 11.9. The molecule has 1 aromatic heterocycles. The Hall–Kier alpha value is -2.64. The summed E-state index contributed by atoms with van der Waals surface area (Å²) in [6.07, 6.45) is -3.23. The van der Waals surface area contributed by atoms with Crippen molar-refractivity contribution < 1.29 is 35.8 Å². The van der Waals surface area contributed by atoms with Gasteiger partial charge in [-0.25, -0.2) is 4.39 Å². The Balaban J connectivity index is 1.56. The van der Waals surface area contributed by atoms with Crippen molar-refractivity contribution in [2.75, 3.05) is 24.4 Å². The summed E-state index contributed by atoms with van der Waals surface area (Å²) in [5.41, 5.74) is -0.290. The molecule has 3 heterocycles. The zero-order valence-corrected chi connectivity index (χ0v) is 19.3. The third-order valence-electron chi connectivity index (χ3n) is 6.27. The lowest BCUT2D eigenvalue weighted by atomic mass is 9.83. The predicted molar refractivity (Wildman–Crippen MR) is 115 cm³/mol. The normalized spacial score (nSPS) is 25.7. The molecule has 0 bridgehead atoms. The van der Waals surface area contributed by atoms with Gasteiger partial charge in [0, 0.05) is 38.8 Å². The lowest BCUT2D eigenvalue weighted by Gasteiger charge is -2.47. The van der Waals surface area contributed by atoms with E-state index in [1.165, 1.54) is 33.9 Å². The number of aromatic nitrogens is 1. The molecule has 13 heteroatoms. The number of pyridine rings is 1. The van der Waals surface area contributed by atoms with Crippen LogP contribution in [0.1, 0.15) is 25.5 Å². The molecule has 8 nitrogen and oxygen atoms in total. The zero-order chi connectivity index (χ0) is 24.9. The number of anilines is 1. The molecule has 2 aliphatic rings. The smallest absolute Gasteiger partial charge is 0.503 e. The maximum atomic E-state index is 13.9. The van der Waals surface area contributed by atoms with Gasteiger partial charge in [-0.05, 0) is 38.0 Å². The van der Waals surface area contributed by atoms with Gasteiger partial charge < -0.3 is 9.84 Å². The van der Waals surface area contributed by atoms with Gasteiger partial charge in [-0.2, -0.15) is 12.7 Å². The summed E-state index contributed by atoms with van der Waals surface area (Å²) >= 11 is 0. The SMILES string of the molecule is C[C@H]1C[C@]2(CCN1Cc1cc(OC(F)(F)F)c(O)cn1)CN(C)S(=O)(=O)N2c1cccc(F)c1. The maximum Gasteiger partial charge on any atom is 0.573 e. The minimum atomic E-state index is -4.96. The second-order valence-electron chi connectivity index (χ2n) is 8.70. The van der Waals surface area contributed by atoms with Crippen molar-refractivity contribution in [2.45, 2.75) is 44.3 Å². The Morgan fingerprint density at radius 2 is 2.03 bits per heavy atom. The Morgan fingerprint density at radius 1 is 1.29 bits per heavy atom. The van der Waals surface area contributed by atoms with Crippen molar-refractivity contribution >= 4 is 15.9 Å². The molecule has 2 aliphatic heterocycles. The van der Waals surface area contributed by atoms with Crippen molar-refractivity contribution in [1.29, 1.82) is 0 Å². The number of nitrogens with zero attached hydrogens (tertiary/aromatic N) is 4. The molecule has 2 aromatic rings. The molecule has 2 atom stereocenters. The molecule has 0 unspecified atom stereocenters. The number of rotatable bonds is 4. The number of likely N-dealkylation sites (N-methyl/N-ethyl adjacent to an activating group) is 1. The largest absolute Gasteiger partial charge is 0.573 e. The Labute approximate surface area is 194 Å². The molecule has 0 aliphatic carbocycles. The van der Waals surface area contributed by atoms with E-state index in [-0.39, 0.29) is 30.5 Å². The van der Waals surface area contributed by atoms with Gasteiger partial charge in [0.05, 0.1) is 23.1 Å². The number of likely N-dealkylation sites (tertiary alicyclic amines) is 1. The van der Waals surface area contributed by atoms with E-state index in [2.05, 4.69) is 9.72 Å². The molecular weight excluding hydrogens is 480 g/mol. The van der Waals surface area contributed by atoms with E-state index in [1.807, 2.05) is 11.8 Å². The fraction of sp³-hybridized carbons (Fsp3) is 0.476. The number of halogens is 4. The van der Waals surface area contributed by atoms with E-state index in [9.17, 15) is 31.1 Å². The summed E-state index contributed by atoms with van der Waals surface area (Å²) in [4.78, 5) is 5.97. The highest BCUT2D eigenvalue weighted by Gasteiger charge is 2.55. The molecule has 2 fully saturated rings. The monoisotopic (exact) mass is 504 g/mol. The number of hydrogen-bond donors (Lipinski definition) is 1. The number of aromatic hydroxyl groups is 1. The topological polar surface area (TPSA) is 86.2 Å². The average Bonchev–Trinajstić information content (AvgIpc) is 2.90. The van der Waals surface area contributed by atoms with E-state index in [0.29, 0.717) is 19.4 Å². The second kappa shape index (κ2) is 8.54. The van der Waals surface area contributed by atoms with Crippen molar-refractivity contribution in [3.05, 3.63) is 48.0 Å². The third kappa shape index (κ3) is 4.64. The van der Waals surface area contributed by atoms with E-state index in [1.54, 1.807) is 6.07 Å². The van der Waals surface area contributed by atoms with E-state index >= 15 is 0 Å². The molecule has 34 heavy (non-hydrogen) atoms. The Kier molecular flexibility index (Phi) is 6.15. The van der Waals surface area contributed by atoms with Crippen LogP contribution in [-0.4, -0.2) is 65.8 Å². The van der Waals surface area contributed by atoms with Crippen molar-refractivity contribution in [3.8, 4) is 11.5 Å². The van der Waals surface area contributed by atoms with Crippen LogP contribution in [0.2, 0.25) is 0 Å². The van der Waals surface area contributed by atoms with Crippen LogP contribution >= 0.6 is 0 Å². The predicted octanol–water partition coefficient (Wildman–Crippen LogP) is 3.24. The average molecular weight is 505 g/mol. The van der Waals surface area contributed by atoms with Crippen molar-refractivity contribution in [3.63, 3.8) is 0 Å². The molecule has 0 saturated carbocycles. The molecule has 0 radical (unpaired) electrons. The second-order valence-corrected chi connectivity index (χ2v) is 10.6. The highest BCUT2D eigenvalue weighted by atomic mass is 32.2. The maximum absolute atomic E-state index is 13.9. The number of hydrogen-bond acceptors (Lipinski definition) is 6. The molecular formula is C21H24F4N4O4S. The first-order chi connectivity index (χ1) is 15.8. The fourth-order valence-electron chi connectivity index (χ4n) is 4.84. The van der Waals surface area contributed by atoms with Crippen LogP contribution in [0, 0.1) is 5.82 Å². The molecule has 1 spiro atoms. The highest BCUT2D eigenvalue weighted by Crippen LogP contribution is 2.44. The molecule has 4 rings (SSSR count). The van der Waals surface area contributed by atoms with Gasteiger partial charge in [0.1, 0.15) is 5.82 Å². The van der Waals surface area contributed by atoms with Gasteiger partial charge in [-0.15, -0.1) is 13.2 Å². The fourth-order valence-corrected chi connectivity index (χ4v) is 6.62. The van der Waals surface area contributed by atoms with E-state index in [0.717, 1.165) is 12.3 Å². The minimum absolute atomic E-state index is 0.172. The first-order valence-electron chi connectivity index (χ1n) is 10.5. The number of alkyl halides is 3. The van der Waals surface area contributed by atoms with Gasteiger partial charge >= 0.3 is 16.6 Å². The summed E-state index contributed by atoms with van der Waals surface area (Å²) in [5.74, 6) is -2.01. The van der Waals surface area contributed by atoms with Gasteiger partial charge in [0.25, 0.3) is 0 Å². The number of ether oxygens (including phenoxy) is 1. The minimum Gasteiger partial charge on any atom is -0.503 e. The molecule has 186 valence electrons. The van der Waals surface area contributed by atoms with Crippen LogP contribution in [0.4, 0.5) is 23.2 Å². The van der Waals surface area contributed by atoms with Gasteiger partial charge in [-0.3, -0.25) is 14.2 Å². The van der Waals surface area contributed by atoms with Gasteiger partial charge in [0.2, 0.25) is 0 Å². The Morgan fingerprint density at radius 3 is 2.68 bits per heavy atom. The van der Waals surface area contributed by atoms with Crippen molar-refractivity contribution in [1.82, 2.24) is 14.2 Å². The molecule has 0 amide bonds. The zero-order valence-electron chi connectivity index (χ0n) is 18.5. The van der Waals surface area contributed by atoms with Crippen molar-refractivity contribution in [2.24, 2.45) is 0 Å². The highest BCUT2D eigenvalue weighted by molar-refractivity contribution is 7.90. The number of piperidine rings is 1. The lowest BCUT2D eigenvalue weighted by Crippen LogP contribution is -2.57. The standard InChI is InChI=1S/C21H24F4N4O4S/c1-14-10-20(13-27(2)34(31,32)29(20)17-5-3-4-15(22)8-17)6-7-28(14)12-16-9-19(18(30)11-26-16)33-21(23,24)25/h3-5,8-9,11,14,30H,6-7,10,12-13H2,1-2H3/t14-,20+/m0/s1.